The molecule has 1 aromatic heterocycles. The van der Waals surface area contributed by atoms with Crippen LogP contribution in [0.3, 0.4) is 0 Å². The molecule has 0 amide bonds. The predicted octanol–water partition coefficient (Wildman–Crippen LogP) is 2.41. The third-order valence-corrected chi connectivity index (χ3v) is 7.10. The first kappa shape index (κ1) is 17.8. The molecule has 1 atom stereocenters. The van der Waals surface area contributed by atoms with Crippen LogP contribution in [0.5, 0.6) is 0 Å². The molecule has 1 saturated heterocycles. The van der Waals surface area contributed by atoms with Crippen molar-refractivity contribution in [2.75, 3.05) is 24.7 Å². The molecule has 1 aliphatic rings. The van der Waals surface area contributed by atoms with E-state index in [1.54, 1.807) is 50.2 Å². The van der Waals surface area contributed by atoms with E-state index in [2.05, 4.69) is 21.8 Å². The van der Waals surface area contributed by atoms with E-state index < -0.39 is 14.6 Å². The van der Waals surface area contributed by atoms with Crippen molar-refractivity contribution < 1.29 is 13.2 Å². The molecule has 0 N–H and O–H groups in total. The number of nitrogens with zero attached hydrogens (tertiary/aromatic N) is 3. The largest absolute Gasteiger partial charge is 0.377 e. The smallest absolute Gasteiger partial charge is 0.189 e. The first-order valence-electron chi connectivity index (χ1n) is 8.30. The van der Waals surface area contributed by atoms with Crippen molar-refractivity contribution in [3.05, 3.63) is 48.4 Å². The van der Waals surface area contributed by atoms with Crippen LogP contribution in [0, 0.1) is 0 Å². The predicted molar refractivity (Wildman–Crippen MR) is 96.3 cm³/mol. The summed E-state index contributed by atoms with van der Waals surface area (Å²) in [7, 11) is -3.59. The number of sulfone groups is 1. The van der Waals surface area contributed by atoms with Crippen LogP contribution in [0.1, 0.15) is 26.5 Å². The van der Waals surface area contributed by atoms with Gasteiger partial charge in [-0.25, -0.2) is 18.4 Å². The van der Waals surface area contributed by atoms with Gasteiger partial charge in [0.15, 0.2) is 9.84 Å². The maximum absolute atomic E-state index is 13.1. The van der Waals surface area contributed by atoms with Crippen LogP contribution < -0.4 is 4.90 Å². The second kappa shape index (κ2) is 6.72. The molecule has 25 heavy (non-hydrogen) atoms. The van der Waals surface area contributed by atoms with Gasteiger partial charge < -0.3 is 9.64 Å². The third kappa shape index (κ3) is 3.26. The van der Waals surface area contributed by atoms with Crippen LogP contribution in [0.2, 0.25) is 0 Å². The standard InChI is InChI=1S/C18H23N3O3S/c1-14-12-24-10-9-21(14)17-11-16(19-13-20-17)18(2,3)25(22,23)15-7-5-4-6-8-15/h4-8,11,13-14H,9-10,12H2,1-3H3/t14-/m0/s1. The average molecular weight is 361 g/mol. The van der Waals surface area contributed by atoms with Crippen LogP contribution in [0.25, 0.3) is 0 Å². The molecular formula is C18H23N3O3S. The monoisotopic (exact) mass is 361 g/mol. The van der Waals surface area contributed by atoms with Gasteiger partial charge >= 0.3 is 0 Å². The second-order valence-electron chi connectivity index (χ2n) is 6.71. The molecule has 134 valence electrons. The van der Waals surface area contributed by atoms with E-state index in [1.165, 1.54) is 6.33 Å². The number of benzene rings is 1. The van der Waals surface area contributed by atoms with E-state index in [0.29, 0.717) is 23.8 Å². The van der Waals surface area contributed by atoms with Gasteiger partial charge in [0, 0.05) is 12.6 Å². The van der Waals surface area contributed by atoms with Crippen LogP contribution in [0.4, 0.5) is 5.82 Å². The summed E-state index contributed by atoms with van der Waals surface area (Å²) < 4.78 is 30.5. The molecule has 1 fully saturated rings. The van der Waals surface area contributed by atoms with Gasteiger partial charge in [-0.3, -0.25) is 0 Å². The lowest BCUT2D eigenvalue weighted by Crippen LogP contribution is -2.44. The van der Waals surface area contributed by atoms with Gasteiger partial charge in [0.1, 0.15) is 16.9 Å². The molecule has 0 radical (unpaired) electrons. The highest BCUT2D eigenvalue weighted by Crippen LogP contribution is 2.34. The lowest BCUT2D eigenvalue weighted by molar-refractivity contribution is 0.0985. The number of hydrogen-bond donors (Lipinski definition) is 0. The first-order chi connectivity index (χ1) is 11.8. The third-order valence-electron chi connectivity index (χ3n) is 4.66. The quantitative estimate of drug-likeness (QED) is 0.833. The van der Waals surface area contributed by atoms with Crippen molar-refractivity contribution in [1.82, 2.24) is 9.97 Å². The highest BCUT2D eigenvalue weighted by Gasteiger charge is 2.39. The molecule has 2 aromatic rings. The molecule has 6 nitrogen and oxygen atoms in total. The number of aromatic nitrogens is 2. The van der Waals surface area contributed by atoms with E-state index in [4.69, 9.17) is 4.74 Å². The van der Waals surface area contributed by atoms with E-state index in [-0.39, 0.29) is 6.04 Å². The molecule has 1 aliphatic heterocycles. The fraction of sp³-hybridized carbons (Fsp3) is 0.444. The Kier molecular flexibility index (Phi) is 4.79. The molecule has 0 aliphatic carbocycles. The molecular weight excluding hydrogens is 338 g/mol. The Bertz CT molecular complexity index is 838. The SMILES string of the molecule is C[C@H]1COCCN1c1cc(C(C)(C)S(=O)(=O)c2ccccc2)ncn1. The molecule has 0 spiro atoms. The zero-order valence-electron chi connectivity index (χ0n) is 14.7. The maximum Gasteiger partial charge on any atom is 0.189 e. The van der Waals surface area contributed by atoms with Gasteiger partial charge in [-0.15, -0.1) is 0 Å². The molecule has 7 heteroatoms. The van der Waals surface area contributed by atoms with Gasteiger partial charge in [0.25, 0.3) is 0 Å². The van der Waals surface area contributed by atoms with Gasteiger partial charge in [-0.1, -0.05) is 18.2 Å². The number of hydrogen-bond acceptors (Lipinski definition) is 6. The topological polar surface area (TPSA) is 72.4 Å². The van der Waals surface area contributed by atoms with Crippen LogP contribution in [-0.4, -0.2) is 44.2 Å². The Morgan fingerprint density at radius 2 is 1.92 bits per heavy atom. The zero-order valence-corrected chi connectivity index (χ0v) is 15.5. The van der Waals surface area contributed by atoms with Gasteiger partial charge in [-0.05, 0) is 32.9 Å². The van der Waals surface area contributed by atoms with Crippen molar-refractivity contribution in [1.29, 1.82) is 0 Å². The van der Waals surface area contributed by atoms with Crippen LogP contribution in [0.15, 0.2) is 47.6 Å². The minimum Gasteiger partial charge on any atom is -0.377 e. The lowest BCUT2D eigenvalue weighted by Gasteiger charge is -2.35. The Morgan fingerprint density at radius 3 is 2.60 bits per heavy atom. The Balaban J connectivity index is 1.99. The maximum atomic E-state index is 13.1. The van der Waals surface area contributed by atoms with Crippen molar-refractivity contribution >= 4 is 15.7 Å². The summed E-state index contributed by atoms with van der Waals surface area (Å²) in [5.41, 5.74) is 0.486. The molecule has 0 bridgehead atoms. The van der Waals surface area contributed by atoms with Gasteiger partial charge in [-0.2, -0.15) is 0 Å². The molecule has 2 heterocycles. The minimum absolute atomic E-state index is 0.186. The molecule has 1 aromatic carbocycles. The fourth-order valence-corrected chi connectivity index (χ4v) is 4.42. The van der Waals surface area contributed by atoms with Gasteiger partial charge in [0.05, 0.1) is 29.8 Å². The zero-order chi connectivity index (χ0) is 18.1. The summed E-state index contributed by atoms with van der Waals surface area (Å²) in [5.74, 6) is 0.733. The van der Waals surface area contributed by atoms with Crippen molar-refractivity contribution in [3.8, 4) is 0 Å². The summed E-state index contributed by atoms with van der Waals surface area (Å²) in [5, 5.41) is 0. The number of ether oxygens (including phenoxy) is 1. The summed E-state index contributed by atoms with van der Waals surface area (Å²) in [4.78, 5) is 11.0. The van der Waals surface area contributed by atoms with Crippen molar-refractivity contribution in [3.63, 3.8) is 0 Å². The minimum atomic E-state index is -3.59. The van der Waals surface area contributed by atoms with E-state index in [0.717, 1.165) is 12.4 Å². The number of morpholine rings is 1. The molecule has 3 rings (SSSR count). The van der Waals surface area contributed by atoms with E-state index in [1.807, 2.05) is 0 Å². The van der Waals surface area contributed by atoms with E-state index >= 15 is 0 Å². The Labute approximate surface area is 148 Å². The molecule has 0 unspecified atom stereocenters. The summed E-state index contributed by atoms with van der Waals surface area (Å²) in [6.07, 6.45) is 1.44. The van der Waals surface area contributed by atoms with E-state index in [9.17, 15) is 8.42 Å². The highest BCUT2D eigenvalue weighted by atomic mass is 32.2. The van der Waals surface area contributed by atoms with Crippen molar-refractivity contribution in [2.24, 2.45) is 0 Å². The number of anilines is 1. The highest BCUT2D eigenvalue weighted by molar-refractivity contribution is 7.92. The van der Waals surface area contributed by atoms with Crippen LogP contribution in [-0.2, 0) is 19.3 Å². The first-order valence-corrected chi connectivity index (χ1v) is 9.79. The fourth-order valence-electron chi connectivity index (χ4n) is 2.93. The van der Waals surface area contributed by atoms with Gasteiger partial charge in [0.2, 0.25) is 0 Å². The Morgan fingerprint density at radius 1 is 1.20 bits per heavy atom. The normalized spacial score (nSPS) is 19.0. The number of rotatable bonds is 4. The lowest BCUT2D eigenvalue weighted by atomic mass is 10.1. The Hall–Kier alpha value is -1.99. The van der Waals surface area contributed by atoms with Crippen LogP contribution >= 0.6 is 0 Å². The summed E-state index contributed by atoms with van der Waals surface area (Å²) >= 11 is 0. The second-order valence-corrected chi connectivity index (χ2v) is 9.20. The summed E-state index contributed by atoms with van der Waals surface area (Å²) in [6.45, 7) is 7.42. The average Bonchev–Trinajstić information content (AvgIpc) is 2.63. The summed E-state index contributed by atoms with van der Waals surface area (Å²) in [6, 6.07) is 10.4. The molecule has 0 saturated carbocycles. The van der Waals surface area contributed by atoms with Crippen molar-refractivity contribution in [2.45, 2.75) is 36.5 Å².